The first kappa shape index (κ1) is 8.20. The van der Waals surface area contributed by atoms with Gasteiger partial charge in [-0.3, -0.25) is 9.63 Å². The summed E-state index contributed by atoms with van der Waals surface area (Å²) in [6.45, 7) is 4.06. The second-order valence-electron chi connectivity index (χ2n) is 4.32. The average molecular weight is 169 g/mol. The highest BCUT2D eigenvalue weighted by molar-refractivity contribution is 5.83. The lowest BCUT2D eigenvalue weighted by atomic mass is 9.75. The number of hydrogen-bond donors (Lipinski definition) is 1. The zero-order valence-corrected chi connectivity index (χ0v) is 7.59. The van der Waals surface area contributed by atoms with Crippen molar-refractivity contribution in [1.29, 1.82) is 0 Å². The van der Waals surface area contributed by atoms with E-state index in [2.05, 4.69) is 5.48 Å². The third kappa shape index (κ3) is 1.08. The quantitative estimate of drug-likeness (QED) is 0.588. The second kappa shape index (κ2) is 2.54. The fraction of sp³-hybridized carbons (Fsp3) is 0.889. The van der Waals surface area contributed by atoms with E-state index in [1.165, 1.54) is 0 Å². The van der Waals surface area contributed by atoms with E-state index in [9.17, 15) is 4.79 Å². The molecule has 1 aliphatic heterocycles. The van der Waals surface area contributed by atoms with Gasteiger partial charge >= 0.3 is 0 Å². The summed E-state index contributed by atoms with van der Waals surface area (Å²) in [6, 6.07) is 0. The number of nitrogens with one attached hydrogen (secondary N) is 1. The number of fused-ring (bicyclic) bond motifs is 1. The molecule has 0 radical (unpaired) electrons. The summed E-state index contributed by atoms with van der Waals surface area (Å²) < 4.78 is 0. The van der Waals surface area contributed by atoms with Crippen LogP contribution in [0.3, 0.4) is 0 Å². The van der Waals surface area contributed by atoms with E-state index >= 15 is 0 Å². The van der Waals surface area contributed by atoms with Crippen molar-refractivity contribution in [3.63, 3.8) is 0 Å². The first-order valence-electron chi connectivity index (χ1n) is 4.57. The lowest BCUT2D eigenvalue weighted by molar-refractivity contribution is -0.128. The van der Waals surface area contributed by atoms with Crippen molar-refractivity contribution in [2.24, 2.45) is 5.92 Å². The van der Waals surface area contributed by atoms with Crippen LogP contribution in [-0.2, 0) is 9.63 Å². The summed E-state index contributed by atoms with van der Waals surface area (Å²) in [7, 11) is 0. The van der Waals surface area contributed by atoms with Crippen LogP contribution in [0.5, 0.6) is 0 Å². The Balaban J connectivity index is 2.23. The van der Waals surface area contributed by atoms with Crippen molar-refractivity contribution in [2.75, 3.05) is 0 Å². The SMILES string of the molecule is CC1(C)NO[C@@H]2CCCC(=O)[C@@H]21. The largest absolute Gasteiger partial charge is 0.299 e. The fourth-order valence-corrected chi connectivity index (χ4v) is 2.29. The number of Topliss-reactive ketones (excluding diaryl/α,β-unsaturated/α-hetero) is 1. The summed E-state index contributed by atoms with van der Waals surface area (Å²) in [5.41, 5.74) is 2.78. The van der Waals surface area contributed by atoms with Crippen LogP contribution in [0.4, 0.5) is 0 Å². The van der Waals surface area contributed by atoms with Gasteiger partial charge in [-0.1, -0.05) is 0 Å². The van der Waals surface area contributed by atoms with Crippen LogP contribution in [0.1, 0.15) is 33.1 Å². The van der Waals surface area contributed by atoms with Crippen molar-refractivity contribution in [3.8, 4) is 0 Å². The molecule has 12 heavy (non-hydrogen) atoms. The minimum absolute atomic E-state index is 0.0752. The highest BCUT2D eigenvalue weighted by atomic mass is 16.7. The van der Waals surface area contributed by atoms with Gasteiger partial charge in [0.2, 0.25) is 0 Å². The van der Waals surface area contributed by atoms with Gasteiger partial charge in [0.15, 0.2) is 0 Å². The van der Waals surface area contributed by atoms with E-state index in [4.69, 9.17) is 4.84 Å². The summed E-state index contributed by atoms with van der Waals surface area (Å²) in [5.74, 6) is 0.438. The van der Waals surface area contributed by atoms with Gasteiger partial charge in [-0.15, -0.1) is 0 Å². The van der Waals surface area contributed by atoms with Crippen LogP contribution in [0.2, 0.25) is 0 Å². The normalized spacial score (nSPS) is 39.7. The van der Waals surface area contributed by atoms with Crippen molar-refractivity contribution < 1.29 is 9.63 Å². The Labute approximate surface area is 72.4 Å². The molecule has 1 saturated heterocycles. The topological polar surface area (TPSA) is 38.3 Å². The van der Waals surface area contributed by atoms with Crippen molar-refractivity contribution in [1.82, 2.24) is 5.48 Å². The van der Waals surface area contributed by atoms with Gasteiger partial charge in [0, 0.05) is 12.0 Å². The number of hydrogen-bond acceptors (Lipinski definition) is 3. The van der Waals surface area contributed by atoms with Crippen molar-refractivity contribution in [2.45, 2.75) is 44.8 Å². The maximum Gasteiger partial charge on any atom is 0.140 e. The third-order valence-electron chi connectivity index (χ3n) is 2.88. The minimum Gasteiger partial charge on any atom is -0.299 e. The molecule has 2 atom stereocenters. The molecule has 1 N–H and O–H groups in total. The van der Waals surface area contributed by atoms with E-state index in [0.29, 0.717) is 5.78 Å². The molecule has 2 aliphatic rings. The zero-order chi connectivity index (χ0) is 8.77. The molecule has 2 fully saturated rings. The molecule has 0 aromatic rings. The van der Waals surface area contributed by atoms with Crippen LogP contribution < -0.4 is 5.48 Å². The van der Waals surface area contributed by atoms with Crippen molar-refractivity contribution >= 4 is 5.78 Å². The molecule has 0 aromatic carbocycles. The lowest BCUT2D eigenvalue weighted by Crippen LogP contribution is -2.44. The minimum atomic E-state index is -0.165. The van der Waals surface area contributed by atoms with Crippen LogP contribution >= 0.6 is 0 Å². The standard InChI is InChI=1S/C9H15NO2/c1-9(2)8-6(11)4-3-5-7(8)12-10-9/h7-8,10H,3-5H2,1-2H3/t7-,8+/m1/s1. The van der Waals surface area contributed by atoms with Crippen LogP contribution in [-0.4, -0.2) is 17.4 Å². The predicted molar refractivity (Wildman–Crippen MR) is 44.4 cm³/mol. The average Bonchev–Trinajstić information content (AvgIpc) is 2.29. The molecule has 3 heteroatoms. The molecule has 0 spiro atoms. The molecule has 0 amide bonds. The summed E-state index contributed by atoms with van der Waals surface area (Å²) in [5, 5.41) is 0. The van der Waals surface area contributed by atoms with Crippen LogP contribution in [0.25, 0.3) is 0 Å². The van der Waals surface area contributed by atoms with Gasteiger partial charge in [-0.25, -0.2) is 0 Å². The number of carbonyl (C=O) groups excluding carboxylic acids is 1. The van der Waals surface area contributed by atoms with E-state index in [1.54, 1.807) is 0 Å². The van der Waals surface area contributed by atoms with Crippen LogP contribution in [0.15, 0.2) is 0 Å². The first-order chi connectivity index (χ1) is 5.61. The van der Waals surface area contributed by atoms with Crippen molar-refractivity contribution in [3.05, 3.63) is 0 Å². The molecule has 1 heterocycles. The van der Waals surface area contributed by atoms with Gasteiger partial charge in [-0.05, 0) is 26.7 Å². The molecule has 68 valence electrons. The summed E-state index contributed by atoms with van der Waals surface area (Å²) in [6.07, 6.45) is 2.86. The van der Waals surface area contributed by atoms with Gasteiger partial charge in [-0.2, -0.15) is 5.48 Å². The molecule has 0 bridgehead atoms. The highest BCUT2D eigenvalue weighted by Gasteiger charge is 2.48. The fourth-order valence-electron chi connectivity index (χ4n) is 2.29. The Hall–Kier alpha value is -0.410. The van der Waals surface area contributed by atoms with E-state index < -0.39 is 0 Å². The maximum absolute atomic E-state index is 11.6. The monoisotopic (exact) mass is 169 g/mol. The predicted octanol–water partition coefficient (Wildman–Crippen LogP) is 1.04. The Morgan fingerprint density at radius 1 is 1.58 bits per heavy atom. The molecule has 0 aromatic heterocycles. The Kier molecular flexibility index (Phi) is 1.73. The Morgan fingerprint density at radius 3 is 3.00 bits per heavy atom. The van der Waals surface area contributed by atoms with Gasteiger partial charge < -0.3 is 0 Å². The van der Waals surface area contributed by atoms with E-state index in [1.807, 2.05) is 13.8 Å². The lowest BCUT2D eigenvalue weighted by Gasteiger charge is -2.28. The number of carbonyl (C=O) groups is 1. The van der Waals surface area contributed by atoms with Gasteiger partial charge in [0.25, 0.3) is 0 Å². The molecule has 2 rings (SSSR count). The molecule has 3 nitrogen and oxygen atoms in total. The zero-order valence-electron chi connectivity index (χ0n) is 7.59. The molecule has 0 unspecified atom stereocenters. The summed E-state index contributed by atoms with van der Waals surface area (Å²) >= 11 is 0. The van der Waals surface area contributed by atoms with E-state index in [-0.39, 0.29) is 17.6 Å². The summed E-state index contributed by atoms with van der Waals surface area (Å²) in [4.78, 5) is 16.9. The molecule has 1 aliphatic carbocycles. The highest BCUT2D eigenvalue weighted by Crippen LogP contribution is 2.36. The third-order valence-corrected chi connectivity index (χ3v) is 2.88. The Bertz CT molecular complexity index is 213. The second-order valence-corrected chi connectivity index (χ2v) is 4.32. The smallest absolute Gasteiger partial charge is 0.140 e. The Morgan fingerprint density at radius 2 is 2.33 bits per heavy atom. The molecular formula is C9H15NO2. The molecule has 1 saturated carbocycles. The number of ketones is 1. The van der Waals surface area contributed by atoms with Gasteiger partial charge in [0.1, 0.15) is 5.78 Å². The van der Waals surface area contributed by atoms with Gasteiger partial charge in [0.05, 0.1) is 12.0 Å². The molecular weight excluding hydrogens is 154 g/mol. The van der Waals surface area contributed by atoms with E-state index in [0.717, 1.165) is 19.3 Å². The maximum atomic E-state index is 11.6. The first-order valence-corrected chi connectivity index (χ1v) is 4.57. The number of hydroxylamine groups is 1. The van der Waals surface area contributed by atoms with Crippen LogP contribution in [0, 0.1) is 5.92 Å². The number of rotatable bonds is 0.